The molecule has 6 nitrogen and oxygen atoms in total. The van der Waals surface area contributed by atoms with Crippen molar-refractivity contribution in [2.24, 2.45) is 0 Å². The van der Waals surface area contributed by atoms with Gasteiger partial charge in [-0.05, 0) is 13.8 Å². The Labute approximate surface area is 98.5 Å². The Morgan fingerprint density at radius 3 is 1.18 bits per heavy atom. The van der Waals surface area contributed by atoms with Crippen LogP contribution in [0.5, 0.6) is 0 Å². The van der Waals surface area contributed by atoms with Crippen LogP contribution in [-0.2, 0) is 19.2 Å². The molecule has 2 aliphatic heterocycles. The minimum Gasteiger partial charge on any atom is -0.274 e. The topological polar surface area (TPSA) is 74.8 Å². The van der Waals surface area contributed by atoms with Crippen LogP contribution in [0.3, 0.4) is 0 Å². The van der Waals surface area contributed by atoms with Gasteiger partial charge in [0.25, 0.3) is 0 Å². The van der Waals surface area contributed by atoms with Crippen LogP contribution < -0.4 is 0 Å². The lowest BCUT2D eigenvalue weighted by Crippen LogP contribution is -2.60. The first-order chi connectivity index (χ1) is 7.85. The van der Waals surface area contributed by atoms with Crippen molar-refractivity contribution in [2.45, 2.75) is 45.2 Å². The van der Waals surface area contributed by atoms with Gasteiger partial charge in [-0.2, -0.15) is 0 Å². The molecule has 17 heavy (non-hydrogen) atoms. The van der Waals surface area contributed by atoms with Crippen molar-refractivity contribution < 1.29 is 19.2 Å². The van der Waals surface area contributed by atoms with E-state index in [0.29, 0.717) is 0 Å². The third-order valence-electron chi connectivity index (χ3n) is 3.20. The molecule has 92 valence electrons. The summed E-state index contributed by atoms with van der Waals surface area (Å²) in [6.45, 7) is 3.10. The Balaban J connectivity index is 2.35. The van der Waals surface area contributed by atoms with Gasteiger partial charge in [-0.25, -0.2) is 0 Å². The molecular weight excluding hydrogens is 224 g/mol. The normalized spacial score (nSPS) is 22.0. The number of likely N-dealkylation sites (tertiary alicyclic amines) is 2. The van der Waals surface area contributed by atoms with Crippen molar-refractivity contribution in [2.75, 3.05) is 0 Å². The lowest BCUT2D eigenvalue weighted by Gasteiger charge is -2.40. The van der Waals surface area contributed by atoms with Crippen molar-refractivity contribution in [3.05, 3.63) is 0 Å². The average Bonchev–Trinajstić information content (AvgIpc) is 2.71. The Hall–Kier alpha value is -1.72. The van der Waals surface area contributed by atoms with Crippen molar-refractivity contribution >= 4 is 23.6 Å². The van der Waals surface area contributed by atoms with E-state index in [1.165, 1.54) is 0 Å². The number of nitrogens with zero attached hydrogens (tertiary/aromatic N) is 2. The highest BCUT2D eigenvalue weighted by Crippen LogP contribution is 2.30. The summed E-state index contributed by atoms with van der Waals surface area (Å²) in [7, 11) is 0. The fourth-order valence-corrected chi connectivity index (χ4v) is 2.47. The summed E-state index contributed by atoms with van der Waals surface area (Å²) in [5.74, 6) is -1.31. The molecule has 2 fully saturated rings. The Morgan fingerprint density at radius 1 is 0.706 bits per heavy atom. The quantitative estimate of drug-likeness (QED) is 0.636. The zero-order valence-electron chi connectivity index (χ0n) is 9.86. The zero-order chi connectivity index (χ0) is 12.8. The van der Waals surface area contributed by atoms with Gasteiger partial charge < -0.3 is 0 Å². The SMILES string of the molecule is CC(C)(N1C(=O)CCC1=O)N1C(=O)CCC1=O. The van der Waals surface area contributed by atoms with Crippen LogP contribution in [0.25, 0.3) is 0 Å². The summed E-state index contributed by atoms with van der Waals surface area (Å²) < 4.78 is 0. The third-order valence-corrected chi connectivity index (χ3v) is 3.20. The van der Waals surface area contributed by atoms with E-state index in [1.807, 2.05) is 0 Å². The van der Waals surface area contributed by atoms with E-state index in [0.717, 1.165) is 9.80 Å². The number of carbonyl (C=O) groups excluding carboxylic acids is 4. The van der Waals surface area contributed by atoms with Gasteiger partial charge in [-0.3, -0.25) is 29.0 Å². The molecule has 0 unspecified atom stereocenters. The van der Waals surface area contributed by atoms with Crippen molar-refractivity contribution in [1.82, 2.24) is 9.80 Å². The predicted octanol–water partition coefficient (Wildman–Crippen LogP) is 0.0205. The second-order valence-electron chi connectivity index (χ2n) is 4.74. The van der Waals surface area contributed by atoms with Gasteiger partial charge in [0, 0.05) is 25.7 Å². The molecule has 0 N–H and O–H groups in total. The molecule has 0 aromatic rings. The molecule has 0 aromatic carbocycles. The number of carbonyl (C=O) groups is 4. The van der Waals surface area contributed by atoms with Gasteiger partial charge >= 0.3 is 0 Å². The lowest BCUT2D eigenvalue weighted by atomic mass is 10.1. The molecular formula is C11H14N2O4. The molecule has 2 aliphatic rings. The van der Waals surface area contributed by atoms with Gasteiger partial charge in [0.2, 0.25) is 23.6 Å². The molecule has 4 amide bonds. The molecule has 0 spiro atoms. The summed E-state index contributed by atoms with van der Waals surface area (Å²) >= 11 is 0. The van der Waals surface area contributed by atoms with Gasteiger partial charge in [-0.1, -0.05) is 0 Å². The first-order valence-corrected chi connectivity index (χ1v) is 5.57. The smallest absolute Gasteiger partial charge is 0.231 e. The lowest BCUT2D eigenvalue weighted by molar-refractivity contribution is -0.162. The molecule has 0 saturated carbocycles. The van der Waals surface area contributed by atoms with E-state index in [4.69, 9.17) is 0 Å². The van der Waals surface area contributed by atoms with Crippen molar-refractivity contribution in [1.29, 1.82) is 0 Å². The van der Waals surface area contributed by atoms with Crippen LogP contribution in [0, 0.1) is 0 Å². The second-order valence-corrected chi connectivity index (χ2v) is 4.74. The van der Waals surface area contributed by atoms with Crippen LogP contribution in [0.2, 0.25) is 0 Å². The van der Waals surface area contributed by atoms with E-state index in [2.05, 4.69) is 0 Å². The number of hydrogen-bond acceptors (Lipinski definition) is 4. The van der Waals surface area contributed by atoms with E-state index in [1.54, 1.807) is 13.8 Å². The maximum absolute atomic E-state index is 11.7. The van der Waals surface area contributed by atoms with Crippen LogP contribution in [0.15, 0.2) is 0 Å². The maximum atomic E-state index is 11.7. The Kier molecular flexibility index (Phi) is 2.52. The molecule has 0 bridgehead atoms. The Bertz CT molecular complexity index is 357. The van der Waals surface area contributed by atoms with Crippen molar-refractivity contribution in [3.8, 4) is 0 Å². The fraction of sp³-hybridized carbons (Fsp3) is 0.636. The maximum Gasteiger partial charge on any atom is 0.231 e. The standard InChI is InChI=1S/C11H14N2O4/c1-11(2,12-7(14)3-4-8(12)15)13-9(16)5-6-10(13)17/h3-6H2,1-2H3. The second kappa shape index (κ2) is 3.65. The Morgan fingerprint density at radius 2 is 0.941 bits per heavy atom. The number of rotatable bonds is 2. The highest BCUT2D eigenvalue weighted by molar-refractivity contribution is 6.06. The first-order valence-electron chi connectivity index (χ1n) is 5.57. The summed E-state index contributed by atoms with van der Waals surface area (Å²) in [5.41, 5.74) is -1.19. The van der Waals surface area contributed by atoms with E-state index in [9.17, 15) is 19.2 Å². The van der Waals surface area contributed by atoms with Gasteiger partial charge in [0.15, 0.2) is 0 Å². The molecule has 0 radical (unpaired) electrons. The molecule has 2 heterocycles. The van der Waals surface area contributed by atoms with Crippen molar-refractivity contribution in [3.63, 3.8) is 0 Å². The molecule has 6 heteroatoms. The van der Waals surface area contributed by atoms with E-state index in [-0.39, 0.29) is 49.3 Å². The van der Waals surface area contributed by atoms with Crippen LogP contribution >= 0.6 is 0 Å². The van der Waals surface area contributed by atoms with Gasteiger partial charge in [0.05, 0.1) is 0 Å². The number of amides is 4. The number of hydrogen-bond donors (Lipinski definition) is 0. The molecule has 2 saturated heterocycles. The fourth-order valence-electron chi connectivity index (χ4n) is 2.47. The molecule has 0 atom stereocenters. The van der Waals surface area contributed by atoms with Crippen LogP contribution in [-0.4, -0.2) is 39.1 Å². The van der Waals surface area contributed by atoms with Crippen LogP contribution in [0.1, 0.15) is 39.5 Å². The largest absolute Gasteiger partial charge is 0.274 e. The summed E-state index contributed by atoms with van der Waals surface area (Å²) in [5, 5.41) is 0. The highest BCUT2D eigenvalue weighted by atomic mass is 16.2. The minimum atomic E-state index is -1.19. The predicted molar refractivity (Wildman–Crippen MR) is 56.3 cm³/mol. The molecule has 0 aromatic heterocycles. The van der Waals surface area contributed by atoms with Gasteiger partial charge in [0.1, 0.15) is 5.66 Å². The average molecular weight is 238 g/mol. The number of imide groups is 2. The minimum absolute atomic E-state index is 0.151. The molecule has 2 rings (SSSR count). The molecule has 0 aliphatic carbocycles. The third kappa shape index (κ3) is 1.64. The summed E-state index contributed by atoms with van der Waals surface area (Å²) in [4.78, 5) is 48.7. The monoisotopic (exact) mass is 238 g/mol. The summed E-state index contributed by atoms with van der Waals surface area (Å²) in [6, 6.07) is 0. The summed E-state index contributed by atoms with van der Waals surface area (Å²) in [6.07, 6.45) is 0.605. The highest BCUT2D eigenvalue weighted by Gasteiger charge is 2.49. The van der Waals surface area contributed by atoms with Crippen LogP contribution in [0.4, 0.5) is 0 Å². The van der Waals surface area contributed by atoms with Gasteiger partial charge in [-0.15, -0.1) is 0 Å². The first kappa shape index (κ1) is 11.8. The zero-order valence-corrected chi connectivity index (χ0v) is 9.86. The van der Waals surface area contributed by atoms with E-state index < -0.39 is 5.66 Å². The van der Waals surface area contributed by atoms with E-state index >= 15 is 0 Å².